The number of aryl methyl sites for hydroxylation is 1. The number of nitrogens with two attached hydrogens (primary N) is 1. The van der Waals surface area contributed by atoms with Gasteiger partial charge in [-0.05, 0) is 19.8 Å². The maximum absolute atomic E-state index is 5.69. The average molecular weight is 191 g/mol. The van der Waals surface area contributed by atoms with Crippen LogP contribution in [0.25, 0.3) is 0 Å². The highest BCUT2D eigenvalue weighted by molar-refractivity contribution is 5.39. The third-order valence-corrected chi connectivity index (χ3v) is 3.01. The van der Waals surface area contributed by atoms with Crippen LogP contribution in [0.1, 0.15) is 49.5 Å². The zero-order valence-corrected chi connectivity index (χ0v) is 8.66. The lowest BCUT2D eigenvalue weighted by Crippen LogP contribution is -2.10. The van der Waals surface area contributed by atoms with E-state index in [4.69, 9.17) is 5.73 Å². The first-order valence-electron chi connectivity index (χ1n) is 5.36. The predicted molar refractivity (Wildman–Crippen MR) is 57.0 cm³/mol. The van der Waals surface area contributed by atoms with Gasteiger partial charge in [0.15, 0.2) is 0 Å². The largest absolute Gasteiger partial charge is 0.396 e. The molecule has 76 valence electrons. The van der Waals surface area contributed by atoms with Gasteiger partial charge in [0.25, 0.3) is 0 Å². The van der Waals surface area contributed by atoms with Crippen LogP contribution < -0.4 is 5.73 Å². The fourth-order valence-corrected chi connectivity index (χ4v) is 2.05. The summed E-state index contributed by atoms with van der Waals surface area (Å²) in [5.41, 5.74) is 7.31. The molecule has 0 bridgehead atoms. The van der Waals surface area contributed by atoms with Crippen LogP contribution in [-0.4, -0.2) is 9.97 Å². The number of hydrogen-bond donors (Lipinski definition) is 1. The van der Waals surface area contributed by atoms with Crippen molar-refractivity contribution in [3.8, 4) is 0 Å². The molecular weight excluding hydrogens is 174 g/mol. The minimum Gasteiger partial charge on any atom is -0.396 e. The molecule has 0 unspecified atom stereocenters. The number of anilines is 1. The SMILES string of the molecule is Cc1nc(C2CCCCC2)ncc1N. The molecule has 0 radical (unpaired) electrons. The lowest BCUT2D eigenvalue weighted by Gasteiger charge is -2.20. The molecule has 1 fully saturated rings. The van der Waals surface area contributed by atoms with Crippen molar-refractivity contribution in [2.75, 3.05) is 5.73 Å². The fraction of sp³-hybridized carbons (Fsp3) is 0.636. The van der Waals surface area contributed by atoms with Crippen LogP contribution in [-0.2, 0) is 0 Å². The Labute approximate surface area is 84.8 Å². The highest BCUT2D eigenvalue weighted by atomic mass is 14.9. The van der Waals surface area contributed by atoms with Crippen LogP contribution in [0.2, 0.25) is 0 Å². The van der Waals surface area contributed by atoms with Gasteiger partial charge in [-0.2, -0.15) is 0 Å². The molecule has 1 saturated carbocycles. The summed E-state index contributed by atoms with van der Waals surface area (Å²) in [5.74, 6) is 1.57. The topological polar surface area (TPSA) is 51.8 Å². The van der Waals surface area contributed by atoms with Gasteiger partial charge in [0, 0.05) is 5.92 Å². The standard InChI is InChI=1S/C11H17N3/c1-8-10(12)7-13-11(14-8)9-5-3-2-4-6-9/h7,9H,2-6,12H2,1H3. The molecule has 1 aromatic heterocycles. The molecule has 0 atom stereocenters. The van der Waals surface area contributed by atoms with E-state index in [1.807, 2.05) is 6.92 Å². The van der Waals surface area contributed by atoms with E-state index in [1.54, 1.807) is 6.20 Å². The van der Waals surface area contributed by atoms with Crippen molar-refractivity contribution < 1.29 is 0 Å². The van der Waals surface area contributed by atoms with Gasteiger partial charge in [-0.1, -0.05) is 19.3 Å². The molecular formula is C11H17N3. The van der Waals surface area contributed by atoms with E-state index in [2.05, 4.69) is 9.97 Å². The Hall–Kier alpha value is -1.12. The van der Waals surface area contributed by atoms with Gasteiger partial charge in [0.05, 0.1) is 17.6 Å². The van der Waals surface area contributed by atoms with Crippen molar-refractivity contribution in [1.29, 1.82) is 0 Å². The molecule has 14 heavy (non-hydrogen) atoms. The van der Waals surface area contributed by atoms with Crippen LogP contribution in [0.5, 0.6) is 0 Å². The lowest BCUT2D eigenvalue weighted by atomic mass is 9.88. The zero-order valence-electron chi connectivity index (χ0n) is 8.66. The first-order valence-corrected chi connectivity index (χ1v) is 5.36. The van der Waals surface area contributed by atoms with Gasteiger partial charge >= 0.3 is 0 Å². The summed E-state index contributed by atoms with van der Waals surface area (Å²) in [6.07, 6.45) is 8.22. The van der Waals surface area contributed by atoms with Crippen LogP contribution in [0.4, 0.5) is 5.69 Å². The van der Waals surface area contributed by atoms with E-state index in [1.165, 1.54) is 32.1 Å². The molecule has 0 aliphatic heterocycles. The van der Waals surface area contributed by atoms with E-state index in [0.717, 1.165) is 11.5 Å². The summed E-state index contributed by atoms with van der Waals surface area (Å²) >= 11 is 0. The van der Waals surface area contributed by atoms with Crippen molar-refractivity contribution in [3.63, 3.8) is 0 Å². The van der Waals surface area contributed by atoms with Gasteiger partial charge in [-0.15, -0.1) is 0 Å². The monoisotopic (exact) mass is 191 g/mol. The van der Waals surface area contributed by atoms with E-state index in [-0.39, 0.29) is 0 Å². The Balaban J connectivity index is 2.18. The highest BCUT2D eigenvalue weighted by Crippen LogP contribution is 2.30. The summed E-state index contributed by atoms with van der Waals surface area (Å²) in [6.45, 7) is 1.95. The van der Waals surface area contributed by atoms with Gasteiger partial charge in [-0.3, -0.25) is 0 Å². The molecule has 0 spiro atoms. The number of nitrogen functional groups attached to an aromatic ring is 1. The molecule has 2 rings (SSSR count). The summed E-state index contributed by atoms with van der Waals surface area (Å²) in [4.78, 5) is 8.79. The van der Waals surface area contributed by atoms with Crippen molar-refractivity contribution >= 4 is 5.69 Å². The zero-order chi connectivity index (χ0) is 9.97. The first-order chi connectivity index (χ1) is 6.77. The maximum Gasteiger partial charge on any atom is 0.131 e. The second-order valence-corrected chi connectivity index (χ2v) is 4.10. The molecule has 3 nitrogen and oxygen atoms in total. The smallest absolute Gasteiger partial charge is 0.131 e. The van der Waals surface area contributed by atoms with Crippen LogP contribution in [0.15, 0.2) is 6.20 Å². The second-order valence-electron chi connectivity index (χ2n) is 4.10. The maximum atomic E-state index is 5.69. The van der Waals surface area contributed by atoms with E-state index >= 15 is 0 Å². The van der Waals surface area contributed by atoms with Crippen LogP contribution >= 0.6 is 0 Å². The molecule has 0 saturated heterocycles. The lowest BCUT2D eigenvalue weighted by molar-refractivity contribution is 0.428. The molecule has 0 aromatic carbocycles. The van der Waals surface area contributed by atoms with Crippen LogP contribution in [0.3, 0.4) is 0 Å². The van der Waals surface area contributed by atoms with Gasteiger partial charge in [-0.25, -0.2) is 9.97 Å². The first kappa shape index (κ1) is 9.44. The molecule has 1 aromatic rings. The van der Waals surface area contributed by atoms with E-state index in [9.17, 15) is 0 Å². The van der Waals surface area contributed by atoms with E-state index in [0.29, 0.717) is 11.6 Å². The molecule has 1 aliphatic carbocycles. The van der Waals surface area contributed by atoms with Gasteiger partial charge in [0.2, 0.25) is 0 Å². The van der Waals surface area contributed by atoms with Crippen LogP contribution in [0, 0.1) is 6.92 Å². The van der Waals surface area contributed by atoms with Crippen molar-refractivity contribution in [2.45, 2.75) is 44.9 Å². The molecule has 2 N–H and O–H groups in total. The number of hydrogen-bond acceptors (Lipinski definition) is 3. The van der Waals surface area contributed by atoms with Gasteiger partial charge in [0.1, 0.15) is 5.82 Å². The minimum absolute atomic E-state index is 0.572. The third-order valence-electron chi connectivity index (χ3n) is 3.01. The quantitative estimate of drug-likeness (QED) is 0.741. The summed E-state index contributed by atoms with van der Waals surface area (Å²) in [6, 6.07) is 0. The van der Waals surface area contributed by atoms with Crippen molar-refractivity contribution in [1.82, 2.24) is 9.97 Å². The Morgan fingerprint density at radius 1 is 1.29 bits per heavy atom. The molecule has 1 heterocycles. The third kappa shape index (κ3) is 1.86. The second kappa shape index (κ2) is 3.95. The number of rotatable bonds is 1. The predicted octanol–water partition coefficient (Wildman–Crippen LogP) is 2.41. The molecule has 3 heteroatoms. The number of nitrogens with zero attached hydrogens (tertiary/aromatic N) is 2. The Kier molecular flexibility index (Phi) is 2.66. The minimum atomic E-state index is 0.572. The number of aromatic nitrogens is 2. The molecule has 0 amide bonds. The fourth-order valence-electron chi connectivity index (χ4n) is 2.05. The Morgan fingerprint density at radius 2 is 2.00 bits per heavy atom. The van der Waals surface area contributed by atoms with E-state index < -0.39 is 0 Å². The van der Waals surface area contributed by atoms with Crippen molar-refractivity contribution in [2.24, 2.45) is 0 Å². The molecule has 1 aliphatic rings. The average Bonchev–Trinajstić information content (AvgIpc) is 2.23. The summed E-state index contributed by atoms with van der Waals surface area (Å²) in [7, 11) is 0. The summed E-state index contributed by atoms with van der Waals surface area (Å²) < 4.78 is 0. The van der Waals surface area contributed by atoms with Gasteiger partial charge < -0.3 is 5.73 Å². The Bertz CT molecular complexity index is 316. The normalized spacial score (nSPS) is 18.4. The van der Waals surface area contributed by atoms with Crippen molar-refractivity contribution in [3.05, 3.63) is 17.7 Å². The highest BCUT2D eigenvalue weighted by Gasteiger charge is 2.18. The Morgan fingerprint density at radius 3 is 2.64 bits per heavy atom. The summed E-state index contributed by atoms with van der Waals surface area (Å²) in [5, 5.41) is 0.